The second kappa shape index (κ2) is 4.24. The van der Waals surface area contributed by atoms with Gasteiger partial charge in [0.25, 0.3) is 0 Å². The van der Waals surface area contributed by atoms with Crippen LogP contribution >= 0.6 is 0 Å². The van der Waals surface area contributed by atoms with E-state index in [-0.39, 0.29) is 6.03 Å². The van der Waals surface area contributed by atoms with Crippen LogP contribution in [0.5, 0.6) is 0 Å². The maximum atomic E-state index is 11.3. The molecule has 0 aromatic carbocycles. The average Bonchev–Trinajstić information content (AvgIpc) is 3.15. The fourth-order valence-electron chi connectivity index (χ4n) is 2.72. The first-order valence-corrected chi connectivity index (χ1v) is 6.61. The maximum Gasteiger partial charge on any atom is 0.317 e. The molecule has 0 aromatic heterocycles. The number of amides is 2. The Morgan fingerprint density at radius 2 is 2.00 bits per heavy atom. The van der Waals surface area contributed by atoms with Crippen LogP contribution in [0.3, 0.4) is 0 Å². The predicted molar refractivity (Wildman–Crippen MR) is 62.2 cm³/mol. The van der Waals surface area contributed by atoms with E-state index in [1.54, 1.807) is 0 Å². The molecule has 1 heterocycles. The van der Waals surface area contributed by atoms with E-state index in [0.29, 0.717) is 0 Å². The van der Waals surface area contributed by atoms with E-state index >= 15 is 0 Å². The van der Waals surface area contributed by atoms with Crippen molar-refractivity contribution in [3.63, 3.8) is 0 Å². The zero-order valence-electron chi connectivity index (χ0n) is 9.74. The summed E-state index contributed by atoms with van der Waals surface area (Å²) in [5, 5.41) is 6.51. The average molecular weight is 223 g/mol. The topological polar surface area (TPSA) is 44.4 Å². The van der Waals surface area contributed by atoms with Crippen LogP contribution in [0.25, 0.3) is 0 Å². The van der Waals surface area contributed by atoms with E-state index in [2.05, 4.69) is 10.6 Å². The predicted octanol–water partition coefficient (Wildman–Crippen LogP) is 0.790. The van der Waals surface area contributed by atoms with Crippen molar-refractivity contribution in [2.75, 3.05) is 26.2 Å². The summed E-state index contributed by atoms with van der Waals surface area (Å²) in [5.41, 5.74) is 0. The number of carbonyl (C=O) groups is 1. The number of hydrogen-bond acceptors (Lipinski definition) is 2. The highest BCUT2D eigenvalue weighted by Crippen LogP contribution is 2.44. The van der Waals surface area contributed by atoms with Gasteiger partial charge in [-0.2, -0.15) is 0 Å². The normalized spacial score (nSPS) is 25.3. The van der Waals surface area contributed by atoms with Crippen molar-refractivity contribution in [3.05, 3.63) is 0 Å². The molecule has 2 amide bonds. The second-order valence-electron chi connectivity index (χ2n) is 5.37. The van der Waals surface area contributed by atoms with E-state index in [0.717, 1.165) is 44.1 Å². The number of carbonyl (C=O) groups excluding carboxylic acids is 1. The molecule has 0 aromatic rings. The van der Waals surface area contributed by atoms with Gasteiger partial charge in [0.15, 0.2) is 0 Å². The molecule has 3 fully saturated rings. The molecule has 2 saturated carbocycles. The Labute approximate surface area is 96.8 Å². The van der Waals surface area contributed by atoms with Gasteiger partial charge in [0.2, 0.25) is 0 Å². The minimum absolute atomic E-state index is 0.108. The Bertz CT molecular complexity index is 261. The van der Waals surface area contributed by atoms with Gasteiger partial charge < -0.3 is 15.5 Å². The van der Waals surface area contributed by atoms with Crippen LogP contribution in [-0.2, 0) is 0 Å². The highest BCUT2D eigenvalue weighted by atomic mass is 16.2. The molecule has 16 heavy (non-hydrogen) atoms. The Morgan fingerprint density at radius 3 is 2.50 bits per heavy atom. The highest BCUT2D eigenvalue weighted by Gasteiger charge is 2.40. The van der Waals surface area contributed by atoms with Crippen LogP contribution in [0.4, 0.5) is 4.79 Å². The molecule has 1 aliphatic heterocycles. The minimum atomic E-state index is 0.108. The summed E-state index contributed by atoms with van der Waals surface area (Å²) in [7, 11) is 0. The molecule has 0 radical (unpaired) electrons. The highest BCUT2D eigenvalue weighted by molar-refractivity contribution is 5.76. The van der Waals surface area contributed by atoms with Crippen LogP contribution in [0, 0.1) is 11.8 Å². The summed E-state index contributed by atoms with van der Waals surface area (Å²) in [6.45, 7) is 3.51. The monoisotopic (exact) mass is 223 g/mol. The lowest BCUT2D eigenvalue weighted by molar-refractivity contribution is 0.216. The number of nitrogens with zero attached hydrogens (tertiary/aromatic N) is 1. The molecule has 0 spiro atoms. The molecule has 90 valence electrons. The maximum absolute atomic E-state index is 11.3. The molecule has 2 N–H and O–H groups in total. The van der Waals surface area contributed by atoms with Crippen molar-refractivity contribution in [1.82, 2.24) is 15.5 Å². The molecule has 0 unspecified atom stereocenters. The van der Waals surface area contributed by atoms with E-state index in [1.807, 2.05) is 4.90 Å². The number of rotatable bonds is 6. The lowest BCUT2D eigenvalue weighted by atomic mass is 10.1. The zero-order valence-corrected chi connectivity index (χ0v) is 9.74. The van der Waals surface area contributed by atoms with Crippen LogP contribution in [0.15, 0.2) is 0 Å². The van der Waals surface area contributed by atoms with Crippen LogP contribution in [0.2, 0.25) is 0 Å². The van der Waals surface area contributed by atoms with Crippen molar-refractivity contribution in [2.45, 2.75) is 31.7 Å². The van der Waals surface area contributed by atoms with Gasteiger partial charge in [-0.25, -0.2) is 4.79 Å². The summed E-state index contributed by atoms with van der Waals surface area (Å²) >= 11 is 0. The molecule has 1 saturated heterocycles. The van der Waals surface area contributed by atoms with Gasteiger partial charge in [-0.05, 0) is 37.5 Å². The van der Waals surface area contributed by atoms with Crippen molar-refractivity contribution in [3.8, 4) is 0 Å². The number of hydrogen-bond donors (Lipinski definition) is 2. The van der Waals surface area contributed by atoms with Gasteiger partial charge in [0, 0.05) is 32.2 Å². The molecule has 4 nitrogen and oxygen atoms in total. The Kier molecular flexibility index (Phi) is 2.75. The number of nitrogens with one attached hydrogen (secondary N) is 2. The largest absolute Gasteiger partial charge is 0.336 e. The molecule has 3 rings (SSSR count). The van der Waals surface area contributed by atoms with Crippen LogP contribution in [-0.4, -0.2) is 43.2 Å². The van der Waals surface area contributed by atoms with E-state index in [9.17, 15) is 4.79 Å². The summed E-state index contributed by atoms with van der Waals surface area (Å²) in [6.07, 6.45) is 5.66. The van der Waals surface area contributed by atoms with Gasteiger partial charge in [0.05, 0.1) is 0 Å². The third-order valence-electron chi connectivity index (χ3n) is 3.97. The Balaban J connectivity index is 1.39. The zero-order chi connectivity index (χ0) is 11.0. The molecule has 4 heteroatoms. The first-order valence-electron chi connectivity index (χ1n) is 6.61. The Hall–Kier alpha value is -0.770. The summed E-state index contributed by atoms with van der Waals surface area (Å²) in [5.74, 6) is 1.89. The fraction of sp³-hybridized carbons (Fsp3) is 0.917. The smallest absolute Gasteiger partial charge is 0.317 e. The van der Waals surface area contributed by atoms with Crippen LogP contribution in [0.1, 0.15) is 25.7 Å². The lowest BCUT2D eigenvalue weighted by Crippen LogP contribution is -2.40. The van der Waals surface area contributed by atoms with Gasteiger partial charge in [-0.15, -0.1) is 0 Å². The van der Waals surface area contributed by atoms with Gasteiger partial charge in [0.1, 0.15) is 0 Å². The van der Waals surface area contributed by atoms with Crippen LogP contribution < -0.4 is 10.6 Å². The molecule has 0 bridgehead atoms. The van der Waals surface area contributed by atoms with Gasteiger partial charge >= 0.3 is 6.03 Å². The third-order valence-corrected chi connectivity index (χ3v) is 3.97. The van der Waals surface area contributed by atoms with Crippen molar-refractivity contribution < 1.29 is 4.79 Å². The molecule has 2 aliphatic carbocycles. The Morgan fingerprint density at radius 1 is 1.31 bits per heavy atom. The third kappa shape index (κ3) is 2.32. The van der Waals surface area contributed by atoms with Crippen molar-refractivity contribution >= 4 is 6.03 Å². The standard InChI is InChI=1S/C12H21N3O/c16-12-14-6-8-15(12)7-5-13-11(9-1-2-9)10-3-4-10/h9-11,13H,1-8H2,(H,14,16). The van der Waals surface area contributed by atoms with E-state index in [1.165, 1.54) is 25.7 Å². The molecule has 3 aliphatic rings. The van der Waals surface area contributed by atoms with Crippen molar-refractivity contribution in [2.24, 2.45) is 11.8 Å². The first-order chi connectivity index (χ1) is 7.84. The first kappa shape index (κ1) is 10.4. The van der Waals surface area contributed by atoms with E-state index < -0.39 is 0 Å². The summed E-state index contributed by atoms with van der Waals surface area (Å²) in [4.78, 5) is 13.2. The van der Waals surface area contributed by atoms with Crippen molar-refractivity contribution in [1.29, 1.82) is 0 Å². The summed E-state index contributed by atoms with van der Waals surface area (Å²) in [6, 6.07) is 0.863. The van der Waals surface area contributed by atoms with Gasteiger partial charge in [-0.3, -0.25) is 0 Å². The summed E-state index contributed by atoms with van der Waals surface area (Å²) < 4.78 is 0. The lowest BCUT2D eigenvalue weighted by Gasteiger charge is -2.20. The van der Waals surface area contributed by atoms with E-state index in [4.69, 9.17) is 0 Å². The number of urea groups is 1. The fourth-order valence-corrected chi connectivity index (χ4v) is 2.72. The van der Waals surface area contributed by atoms with Gasteiger partial charge in [-0.1, -0.05) is 0 Å². The molecular formula is C12H21N3O. The SMILES string of the molecule is O=C1NCCN1CCNC(C1CC1)C1CC1. The molecular weight excluding hydrogens is 202 g/mol. The minimum Gasteiger partial charge on any atom is -0.336 e. The quantitative estimate of drug-likeness (QED) is 0.699. The second-order valence-corrected chi connectivity index (χ2v) is 5.37. The molecule has 0 atom stereocenters.